The van der Waals surface area contributed by atoms with E-state index in [0.717, 1.165) is 10.8 Å². The zero-order chi connectivity index (χ0) is 11.7. The van der Waals surface area contributed by atoms with Gasteiger partial charge in [-0.1, -0.05) is 6.92 Å². The maximum atomic E-state index is 13.1. The molecule has 1 saturated heterocycles. The van der Waals surface area contributed by atoms with E-state index in [2.05, 4.69) is 4.98 Å². The molecule has 1 aromatic rings. The fraction of sp³-hybridized carbons (Fsp3) is 0.556. The summed E-state index contributed by atoms with van der Waals surface area (Å²) in [6, 6.07) is 0. The SMILES string of the molecule is CC[C@H]1OCC(n2cc(F)c([NH-])nc2=O)O1.[Ac]. The van der Waals surface area contributed by atoms with Gasteiger partial charge < -0.3 is 20.2 Å². The van der Waals surface area contributed by atoms with Crippen LogP contribution in [-0.4, -0.2) is 22.4 Å². The number of halogens is 1. The van der Waals surface area contributed by atoms with Gasteiger partial charge in [-0.15, -0.1) is 0 Å². The van der Waals surface area contributed by atoms with Gasteiger partial charge >= 0.3 is 0 Å². The fourth-order valence-electron chi connectivity index (χ4n) is 1.45. The van der Waals surface area contributed by atoms with Crippen LogP contribution in [0.15, 0.2) is 11.0 Å². The Morgan fingerprint density at radius 2 is 2.41 bits per heavy atom. The summed E-state index contributed by atoms with van der Waals surface area (Å²) in [5.41, 5.74) is 6.32. The standard InChI is InChI=1S/C9H12FN3O3.Ac/c1-2-7-15-4-6(16-7)13-3-5(10)8(11)12-9(13)14;/h3,6-7H,2,4H2,1H3,(H2,11,12,14);/p-1/t6?,7-;/m0./s1. The molecule has 1 aromatic heterocycles. The van der Waals surface area contributed by atoms with E-state index in [1.54, 1.807) is 0 Å². The van der Waals surface area contributed by atoms with E-state index in [-0.39, 0.29) is 57.0 Å². The number of hydrogen-bond donors (Lipinski definition) is 0. The Labute approximate surface area is 133 Å². The summed E-state index contributed by atoms with van der Waals surface area (Å²) in [5.74, 6) is -1.52. The molecule has 1 fully saturated rings. The Morgan fingerprint density at radius 3 is 3.00 bits per heavy atom. The minimum Gasteiger partial charge on any atom is -0.480 e. The van der Waals surface area contributed by atoms with Crippen molar-refractivity contribution in [1.29, 1.82) is 0 Å². The Morgan fingerprint density at radius 1 is 1.71 bits per heavy atom. The first-order valence-electron chi connectivity index (χ1n) is 4.89. The average molecular weight is 455 g/mol. The summed E-state index contributed by atoms with van der Waals surface area (Å²) in [4.78, 5) is 14.6. The molecule has 8 heteroatoms. The van der Waals surface area contributed by atoms with Crippen LogP contribution in [-0.2, 0) is 9.47 Å². The second-order valence-corrected chi connectivity index (χ2v) is 3.39. The number of nitrogens with zero attached hydrogens (tertiary/aromatic N) is 2. The monoisotopic (exact) mass is 455 g/mol. The van der Waals surface area contributed by atoms with Crippen molar-refractivity contribution in [3.63, 3.8) is 0 Å². The average Bonchev–Trinajstić information content (AvgIpc) is 2.71. The van der Waals surface area contributed by atoms with Gasteiger partial charge in [0.25, 0.3) is 0 Å². The minimum absolute atomic E-state index is 0. The van der Waals surface area contributed by atoms with Gasteiger partial charge in [-0.25, -0.2) is 4.39 Å². The topological polar surface area (TPSA) is 77.2 Å². The van der Waals surface area contributed by atoms with E-state index < -0.39 is 23.6 Å². The molecular weight excluding hydrogens is 444 g/mol. The van der Waals surface area contributed by atoms with Crippen molar-refractivity contribution in [2.45, 2.75) is 25.9 Å². The molecule has 1 unspecified atom stereocenters. The van der Waals surface area contributed by atoms with Crippen molar-refractivity contribution < 1.29 is 57.9 Å². The van der Waals surface area contributed by atoms with Crippen molar-refractivity contribution in [1.82, 2.24) is 9.55 Å². The number of nitrogens with one attached hydrogen (secondary N) is 1. The zero-order valence-corrected chi connectivity index (χ0v) is 14.0. The maximum absolute atomic E-state index is 13.1. The predicted octanol–water partition coefficient (Wildman–Crippen LogP) is 1.35. The molecule has 2 rings (SSSR count). The Bertz CT molecular complexity index is 454. The van der Waals surface area contributed by atoms with Gasteiger partial charge in [-0.3, -0.25) is 9.36 Å². The Hall–Kier alpha value is -0.0284. The summed E-state index contributed by atoms with van der Waals surface area (Å²) in [5, 5.41) is 0. The molecule has 1 N–H and O–H groups in total. The molecule has 0 bridgehead atoms. The molecule has 0 saturated carbocycles. The third-order valence-corrected chi connectivity index (χ3v) is 2.28. The first kappa shape index (κ1) is 15.0. The molecule has 1 aliphatic rings. The van der Waals surface area contributed by atoms with Crippen LogP contribution in [0.5, 0.6) is 0 Å². The first-order chi connectivity index (χ1) is 7.61. The van der Waals surface area contributed by atoms with E-state index in [1.165, 1.54) is 0 Å². The number of ether oxygens (including phenoxy) is 2. The van der Waals surface area contributed by atoms with Crippen molar-refractivity contribution in [2.24, 2.45) is 0 Å². The van der Waals surface area contributed by atoms with E-state index >= 15 is 0 Å². The Kier molecular flexibility index (Phi) is 5.51. The number of hydrogen-bond acceptors (Lipinski definition) is 4. The molecule has 0 aliphatic carbocycles. The van der Waals surface area contributed by atoms with Gasteiger partial charge in [-0.05, 0) is 12.2 Å². The van der Waals surface area contributed by atoms with Gasteiger partial charge in [0, 0.05) is 50.3 Å². The van der Waals surface area contributed by atoms with E-state index in [1.807, 2.05) is 6.92 Å². The van der Waals surface area contributed by atoms with E-state index in [4.69, 9.17) is 15.2 Å². The molecule has 0 aromatic carbocycles. The van der Waals surface area contributed by atoms with Gasteiger partial charge in [0.05, 0.1) is 6.61 Å². The van der Waals surface area contributed by atoms with Crippen molar-refractivity contribution >= 4 is 5.82 Å². The quantitative estimate of drug-likeness (QED) is 0.675. The van der Waals surface area contributed by atoms with Gasteiger partial charge in [-0.2, -0.15) is 0 Å². The van der Waals surface area contributed by atoms with Crippen LogP contribution in [0.4, 0.5) is 10.2 Å². The molecule has 0 spiro atoms. The third-order valence-electron chi connectivity index (χ3n) is 2.28. The van der Waals surface area contributed by atoms with Crippen LogP contribution in [0.1, 0.15) is 19.6 Å². The summed E-state index contributed by atoms with van der Waals surface area (Å²) >= 11 is 0. The van der Waals surface area contributed by atoms with Gasteiger partial charge in [0.15, 0.2) is 12.5 Å². The first-order valence-corrected chi connectivity index (χ1v) is 4.89. The van der Waals surface area contributed by atoms with Crippen LogP contribution >= 0.6 is 0 Å². The molecule has 0 amide bonds. The molecular formula is C9H11AcFN3O3-. The number of rotatable bonds is 2. The molecule has 91 valence electrons. The molecule has 17 heavy (non-hydrogen) atoms. The number of aromatic nitrogens is 2. The largest absolute Gasteiger partial charge is 0.480 e. The van der Waals surface area contributed by atoms with Gasteiger partial charge in [0.1, 0.15) is 5.82 Å². The van der Waals surface area contributed by atoms with E-state index in [0.29, 0.717) is 6.42 Å². The maximum Gasteiger partial charge on any atom is 0.248 e. The molecule has 2 heterocycles. The van der Waals surface area contributed by atoms with Crippen molar-refractivity contribution in [2.75, 3.05) is 6.61 Å². The normalized spacial score (nSPS) is 23.4. The summed E-state index contributed by atoms with van der Waals surface area (Å²) in [7, 11) is 0. The van der Waals surface area contributed by atoms with Crippen LogP contribution in [0.25, 0.3) is 5.73 Å². The predicted molar refractivity (Wildman–Crippen MR) is 52.6 cm³/mol. The van der Waals surface area contributed by atoms with Crippen molar-refractivity contribution in [3.05, 3.63) is 28.2 Å². The van der Waals surface area contributed by atoms with Crippen LogP contribution in [0.2, 0.25) is 0 Å². The summed E-state index contributed by atoms with van der Waals surface area (Å²) in [6.45, 7) is 2.05. The molecule has 2 atom stereocenters. The van der Waals surface area contributed by atoms with E-state index in [9.17, 15) is 9.18 Å². The van der Waals surface area contributed by atoms with Crippen molar-refractivity contribution in [3.8, 4) is 0 Å². The molecule has 6 nitrogen and oxygen atoms in total. The Balaban J connectivity index is 0.00000144. The van der Waals surface area contributed by atoms with Gasteiger partial charge in [0.2, 0.25) is 5.69 Å². The van der Waals surface area contributed by atoms with Crippen LogP contribution < -0.4 is 5.69 Å². The summed E-state index contributed by atoms with van der Waals surface area (Å²) in [6.07, 6.45) is 0.525. The smallest absolute Gasteiger partial charge is 0.248 e. The second-order valence-electron chi connectivity index (χ2n) is 3.39. The molecule has 1 radical (unpaired) electrons. The third kappa shape index (κ3) is 3.25. The summed E-state index contributed by atoms with van der Waals surface area (Å²) < 4.78 is 24.6. The fourth-order valence-corrected chi connectivity index (χ4v) is 1.45. The second kappa shape index (κ2) is 6.23. The molecule has 1 aliphatic heterocycles. The zero-order valence-electron chi connectivity index (χ0n) is 9.22. The van der Waals surface area contributed by atoms with Crippen LogP contribution in [0.3, 0.4) is 0 Å². The van der Waals surface area contributed by atoms with Crippen LogP contribution in [0, 0.1) is 49.9 Å². The minimum atomic E-state index is -0.858.